The molecule has 5 nitrogen and oxygen atoms in total. The first-order chi connectivity index (χ1) is 6.20. The maximum atomic E-state index is 11.1. The van der Waals surface area contributed by atoms with Gasteiger partial charge >= 0.3 is 0 Å². The highest BCUT2D eigenvalue weighted by Gasteiger charge is 2.11. The molecule has 0 bridgehead atoms. The van der Waals surface area contributed by atoms with Gasteiger partial charge in [0, 0.05) is 46.2 Å². The van der Waals surface area contributed by atoms with E-state index in [1.807, 2.05) is 0 Å². The van der Waals surface area contributed by atoms with Crippen LogP contribution in [0.5, 0.6) is 0 Å². The van der Waals surface area contributed by atoms with Crippen molar-refractivity contribution in [2.75, 3.05) is 39.8 Å². The van der Waals surface area contributed by atoms with E-state index in [0.29, 0.717) is 6.42 Å². The number of amides is 1. The van der Waals surface area contributed by atoms with Crippen molar-refractivity contribution >= 4 is 5.91 Å². The highest BCUT2D eigenvalue weighted by Crippen LogP contribution is 1.95. The number of hydrogen-bond donors (Lipinski definition) is 2. The molecular formula is C8H18N4O. The number of nitrogens with one attached hydrogen (secondary N) is 1. The van der Waals surface area contributed by atoms with Crippen LogP contribution in [0.4, 0.5) is 0 Å². The van der Waals surface area contributed by atoms with Gasteiger partial charge in [0.2, 0.25) is 5.91 Å². The summed E-state index contributed by atoms with van der Waals surface area (Å²) in [5.74, 6) is 5.30. The van der Waals surface area contributed by atoms with Crippen molar-refractivity contribution in [3.63, 3.8) is 0 Å². The first-order valence-electron chi connectivity index (χ1n) is 4.64. The average Bonchev–Trinajstić information content (AvgIpc) is 2.15. The predicted molar refractivity (Wildman–Crippen MR) is 50.9 cm³/mol. The summed E-state index contributed by atoms with van der Waals surface area (Å²) < 4.78 is 0. The number of carbonyl (C=O) groups excluding carboxylic acids is 1. The van der Waals surface area contributed by atoms with Gasteiger partial charge in [0.1, 0.15) is 0 Å². The molecule has 0 aromatic carbocycles. The quantitative estimate of drug-likeness (QED) is 0.324. The van der Waals surface area contributed by atoms with E-state index in [0.717, 1.165) is 37.7 Å². The summed E-state index contributed by atoms with van der Waals surface area (Å²) in [6.07, 6.45) is 0.521. The van der Waals surface area contributed by atoms with E-state index in [1.54, 1.807) is 7.05 Å². The van der Waals surface area contributed by atoms with Crippen molar-refractivity contribution in [1.82, 2.24) is 15.2 Å². The van der Waals surface area contributed by atoms with Crippen LogP contribution in [0.2, 0.25) is 0 Å². The first-order valence-corrected chi connectivity index (χ1v) is 4.64. The number of rotatable bonds is 3. The van der Waals surface area contributed by atoms with E-state index in [2.05, 4.69) is 10.2 Å². The Kier molecular flexibility index (Phi) is 4.14. The van der Waals surface area contributed by atoms with E-state index in [1.165, 1.54) is 0 Å². The molecule has 0 aliphatic carbocycles. The van der Waals surface area contributed by atoms with Gasteiger partial charge in [-0.2, -0.15) is 0 Å². The summed E-state index contributed by atoms with van der Waals surface area (Å²) >= 11 is 0. The zero-order valence-electron chi connectivity index (χ0n) is 8.12. The molecule has 0 spiro atoms. The Morgan fingerprint density at radius 1 is 1.54 bits per heavy atom. The molecule has 1 heterocycles. The van der Waals surface area contributed by atoms with Crippen LogP contribution >= 0.6 is 0 Å². The van der Waals surface area contributed by atoms with E-state index >= 15 is 0 Å². The molecule has 1 saturated heterocycles. The lowest BCUT2D eigenvalue weighted by molar-refractivity contribution is -0.130. The first kappa shape index (κ1) is 10.4. The number of nitrogens with two attached hydrogens (primary N) is 1. The van der Waals surface area contributed by atoms with Crippen molar-refractivity contribution < 1.29 is 4.79 Å². The highest BCUT2D eigenvalue weighted by atomic mass is 16.2. The molecule has 5 heteroatoms. The molecule has 0 atom stereocenters. The van der Waals surface area contributed by atoms with Crippen molar-refractivity contribution in [1.29, 1.82) is 0 Å². The van der Waals surface area contributed by atoms with Gasteiger partial charge in [-0.05, 0) is 0 Å². The van der Waals surface area contributed by atoms with Crippen LogP contribution in [-0.4, -0.2) is 55.6 Å². The lowest BCUT2D eigenvalue weighted by Crippen LogP contribution is -2.45. The summed E-state index contributed by atoms with van der Waals surface area (Å²) in [5, 5.41) is 4.42. The Morgan fingerprint density at radius 3 is 2.69 bits per heavy atom. The second-order valence-corrected chi connectivity index (χ2v) is 3.35. The smallest absolute Gasteiger partial charge is 0.237 e. The Balaban J connectivity index is 2.13. The summed E-state index contributed by atoms with van der Waals surface area (Å²) in [6, 6.07) is 0. The Bertz CT molecular complexity index is 166. The predicted octanol–water partition coefficient (Wildman–Crippen LogP) is -1.39. The molecule has 0 aromatic rings. The van der Waals surface area contributed by atoms with Crippen LogP contribution < -0.4 is 11.2 Å². The molecule has 0 radical (unpaired) electrons. The topological polar surface area (TPSA) is 61.6 Å². The monoisotopic (exact) mass is 186 g/mol. The standard InChI is InChI=1S/C8H18N4O/c1-11(9)8(13)2-5-12-6-3-10-4-7-12/h10H,2-7,9H2,1H3. The van der Waals surface area contributed by atoms with Crippen LogP contribution in [-0.2, 0) is 4.79 Å². The molecule has 3 N–H and O–H groups in total. The fraction of sp³-hybridized carbons (Fsp3) is 0.875. The fourth-order valence-electron chi connectivity index (χ4n) is 1.36. The minimum atomic E-state index is -0.00136. The lowest BCUT2D eigenvalue weighted by Gasteiger charge is -2.27. The van der Waals surface area contributed by atoms with Crippen LogP contribution in [0.3, 0.4) is 0 Å². The van der Waals surface area contributed by atoms with Gasteiger partial charge < -0.3 is 10.2 Å². The van der Waals surface area contributed by atoms with Crippen molar-refractivity contribution in [2.24, 2.45) is 5.84 Å². The van der Waals surface area contributed by atoms with Gasteiger partial charge in [0.05, 0.1) is 0 Å². The summed E-state index contributed by atoms with van der Waals surface area (Å²) in [7, 11) is 1.58. The molecule has 1 fully saturated rings. The number of hydrogen-bond acceptors (Lipinski definition) is 4. The van der Waals surface area contributed by atoms with E-state index in [4.69, 9.17) is 5.84 Å². The molecular weight excluding hydrogens is 168 g/mol. The zero-order valence-corrected chi connectivity index (χ0v) is 8.12. The molecule has 0 saturated carbocycles. The van der Waals surface area contributed by atoms with E-state index in [-0.39, 0.29) is 5.91 Å². The summed E-state index contributed by atoms with van der Waals surface area (Å²) in [5.41, 5.74) is 0. The highest BCUT2D eigenvalue weighted by molar-refractivity contribution is 5.75. The van der Waals surface area contributed by atoms with Crippen molar-refractivity contribution in [3.05, 3.63) is 0 Å². The Labute approximate surface area is 78.8 Å². The van der Waals surface area contributed by atoms with Gasteiger partial charge in [-0.25, -0.2) is 5.84 Å². The minimum absolute atomic E-state index is 0.00136. The molecule has 0 aromatic heterocycles. The zero-order chi connectivity index (χ0) is 9.68. The van der Waals surface area contributed by atoms with Crippen molar-refractivity contribution in [3.8, 4) is 0 Å². The Hall–Kier alpha value is -0.650. The van der Waals surface area contributed by atoms with Gasteiger partial charge in [0.15, 0.2) is 0 Å². The minimum Gasteiger partial charge on any atom is -0.314 e. The third-order valence-electron chi connectivity index (χ3n) is 2.24. The van der Waals surface area contributed by atoms with Crippen LogP contribution in [0, 0.1) is 0 Å². The van der Waals surface area contributed by atoms with Crippen LogP contribution in [0.15, 0.2) is 0 Å². The summed E-state index contributed by atoms with van der Waals surface area (Å²) in [6.45, 7) is 4.92. The molecule has 1 aliphatic rings. The molecule has 13 heavy (non-hydrogen) atoms. The van der Waals surface area contributed by atoms with E-state index < -0.39 is 0 Å². The maximum Gasteiger partial charge on any atom is 0.237 e. The van der Waals surface area contributed by atoms with Crippen LogP contribution in [0.1, 0.15) is 6.42 Å². The van der Waals surface area contributed by atoms with Gasteiger partial charge in [-0.15, -0.1) is 0 Å². The van der Waals surface area contributed by atoms with E-state index in [9.17, 15) is 4.79 Å². The molecule has 1 aliphatic heterocycles. The SMILES string of the molecule is CN(N)C(=O)CCN1CCNCC1. The van der Waals surface area contributed by atoms with Gasteiger partial charge in [0.25, 0.3) is 0 Å². The third kappa shape index (κ3) is 3.71. The molecule has 1 rings (SSSR count). The number of nitrogens with zero attached hydrogens (tertiary/aromatic N) is 2. The molecule has 1 amide bonds. The normalized spacial score (nSPS) is 18.6. The molecule has 0 unspecified atom stereocenters. The van der Waals surface area contributed by atoms with Crippen LogP contribution in [0.25, 0.3) is 0 Å². The molecule has 76 valence electrons. The third-order valence-corrected chi connectivity index (χ3v) is 2.24. The number of piperazine rings is 1. The fourth-order valence-corrected chi connectivity index (χ4v) is 1.36. The average molecular weight is 186 g/mol. The number of hydrazine groups is 1. The second kappa shape index (κ2) is 5.16. The van der Waals surface area contributed by atoms with Gasteiger partial charge in [-0.1, -0.05) is 0 Å². The number of carbonyl (C=O) groups is 1. The Morgan fingerprint density at radius 2 is 2.15 bits per heavy atom. The lowest BCUT2D eigenvalue weighted by atomic mass is 10.3. The second-order valence-electron chi connectivity index (χ2n) is 3.35. The largest absolute Gasteiger partial charge is 0.314 e. The van der Waals surface area contributed by atoms with Gasteiger partial charge in [-0.3, -0.25) is 9.80 Å². The maximum absolute atomic E-state index is 11.1. The summed E-state index contributed by atoms with van der Waals surface area (Å²) in [4.78, 5) is 13.4. The van der Waals surface area contributed by atoms with Crippen molar-refractivity contribution in [2.45, 2.75) is 6.42 Å².